The molecule has 1 aromatic carbocycles. The lowest BCUT2D eigenvalue weighted by Gasteiger charge is -2.23. The lowest BCUT2D eigenvalue weighted by molar-refractivity contribution is 0.0932. The zero-order valence-electron chi connectivity index (χ0n) is 12.0. The highest BCUT2D eigenvalue weighted by atomic mass is 32.1. The molecule has 1 aromatic heterocycles. The number of thiophene rings is 1. The van der Waals surface area contributed by atoms with Crippen LogP contribution in [0.5, 0.6) is 0 Å². The molecule has 3 atom stereocenters. The molecule has 5 heteroatoms. The second-order valence-electron chi connectivity index (χ2n) is 6.11. The standard InChI is InChI=1S/C17H17FN2OS/c18-12-3-1-2-11(8-12)15-4-5-16(22-15)17(21)20-14-7-10-6-13(14)19-9-10/h1-5,8,10,13-14,19H,6-7,9H2,(H,20,21). The highest BCUT2D eigenvalue weighted by molar-refractivity contribution is 7.17. The smallest absolute Gasteiger partial charge is 0.261 e. The van der Waals surface area contributed by atoms with Gasteiger partial charge in [-0.15, -0.1) is 11.3 Å². The van der Waals surface area contributed by atoms with E-state index in [0.29, 0.717) is 16.8 Å². The van der Waals surface area contributed by atoms with Crippen LogP contribution in [0.2, 0.25) is 0 Å². The van der Waals surface area contributed by atoms with Crippen LogP contribution in [-0.2, 0) is 0 Å². The number of rotatable bonds is 3. The fourth-order valence-corrected chi connectivity index (χ4v) is 4.41. The van der Waals surface area contributed by atoms with Crippen LogP contribution < -0.4 is 10.6 Å². The third-order valence-electron chi connectivity index (χ3n) is 4.58. The van der Waals surface area contributed by atoms with Gasteiger partial charge in [-0.1, -0.05) is 12.1 Å². The van der Waals surface area contributed by atoms with Crippen LogP contribution >= 0.6 is 11.3 Å². The van der Waals surface area contributed by atoms with Gasteiger partial charge in [0.05, 0.1) is 4.88 Å². The monoisotopic (exact) mass is 316 g/mol. The molecule has 22 heavy (non-hydrogen) atoms. The Bertz CT molecular complexity index is 714. The Morgan fingerprint density at radius 2 is 2.18 bits per heavy atom. The van der Waals surface area contributed by atoms with Crippen molar-refractivity contribution in [3.8, 4) is 10.4 Å². The summed E-state index contributed by atoms with van der Waals surface area (Å²) in [4.78, 5) is 14.0. The average Bonchev–Trinajstić information content (AvgIpc) is 3.23. The van der Waals surface area contributed by atoms with Crippen molar-refractivity contribution in [2.24, 2.45) is 5.92 Å². The summed E-state index contributed by atoms with van der Waals surface area (Å²) in [6, 6.07) is 10.8. The van der Waals surface area contributed by atoms with Crippen LogP contribution in [-0.4, -0.2) is 24.5 Å². The number of hydrogen-bond donors (Lipinski definition) is 2. The van der Waals surface area contributed by atoms with E-state index in [1.807, 2.05) is 18.2 Å². The second-order valence-corrected chi connectivity index (χ2v) is 7.19. The molecule has 2 bridgehead atoms. The average molecular weight is 316 g/mol. The SMILES string of the molecule is O=C(NC1CC2CNC1C2)c1ccc(-c2cccc(F)c2)s1. The van der Waals surface area contributed by atoms with Crippen LogP contribution in [0.3, 0.4) is 0 Å². The summed E-state index contributed by atoms with van der Waals surface area (Å²) in [6.07, 6.45) is 2.25. The lowest BCUT2D eigenvalue weighted by Crippen LogP contribution is -2.47. The van der Waals surface area contributed by atoms with E-state index in [9.17, 15) is 9.18 Å². The van der Waals surface area contributed by atoms with E-state index in [2.05, 4.69) is 10.6 Å². The molecule has 4 rings (SSSR count). The molecule has 114 valence electrons. The first kappa shape index (κ1) is 13.9. The third-order valence-corrected chi connectivity index (χ3v) is 5.72. The van der Waals surface area contributed by atoms with E-state index in [1.165, 1.54) is 29.9 Å². The van der Waals surface area contributed by atoms with Crippen LogP contribution in [0.1, 0.15) is 22.5 Å². The maximum atomic E-state index is 13.3. The molecule has 1 saturated heterocycles. The zero-order valence-corrected chi connectivity index (χ0v) is 12.8. The highest BCUT2D eigenvalue weighted by Crippen LogP contribution is 2.32. The minimum Gasteiger partial charge on any atom is -0.347 e. The summed E-state index contributed by atoms with van der Waals surface area (Å²) in [7, 11) is 0. The van der Waals surface area contributed by atoms with Gasteiger partial charge in [0.1, 0.15) is 5.82 Å². The Kier molecular flexibility index (Phi) is 3.47. The molecule has 0 radical (unpaired) electrons. The Morgan fingerprint density at radius 1 is 1.27 bits per heavy atom. The van der Waals surface area contributed by atoms with Crippen molar-refractivity contribution >= 4 is 17.2 Å². The van der Waals surface area contributed by atoms with Crippen LogP contribution in [0.15, 0.2) is 36.4 Å². The van der Waals surface area contributed by atoms with Gasteiger partial charge >= 0.3 is 0 Å². The van der Waals surface area contributed by atoms with Crippen molar-refractivity contribution in [3.05, 3.63) is 47.1 Å². The van der Waals surface area contributed by atoms with Gasteiger partial charge in [0.2, 0.25) is 0 Å². The number of amides is 1. The third kappa shape index (κ3) is 2.55. The minimum absolute atomic E-state index is 0.0213. The summed E-state index contributed by atoms with van der Waals surface area (Å²) in [5.41, 5.74) is 0.811. The first-order valence-corrected chi connectivity index (χ1v) is 8.41. The normalized spacial score (nSPS) is 26.3. The van der Waals surface area contributed by atoms with Crippen molar-refractivity contribution in [2.75, 3.05) is 6.54 Å². The van der Waals surface area contributed by atoms with Crippen molar-refractivity contribution in [1.29, 1.82) is 0 Å². The topological polar surface area (TPSA) is 41.1 Å². The Hall–Kier alpha value is -1.72. The molecule has 3 nitrogen and oxygen atoms in total. The maximum absolute atomic E-state index is 13.3. The molecular weight excluding hydrogens is 299 g/mol. The number of piperidine rings is 1. The molecule has 1 amide bonds. The molecule has 2 aliphatic rings. The van der Waals surface area contributed by atoms with Gasteiger partial charge in [-0.3, -0.25) is 4.79 Å². The summed E-state index contributed by atoms with van der Waals surface area (Å²) >= 11 is 1.41. The quantitative estimate of drug-likeness (QED) is 0.914. The van der Waals surface area contributed by atoms with Crippen LogP contribution in [0, 0.1) is 11.7 Å². The number of halogens is 1. The van der Waals surface area contributed by atoms with Crippen LogP contribution in [0.25, 0.3) is 10.4 Å². The van der Waals surface area contributed by atoms with Gasteiger partial charge in [-0.25, -0.2) is 4.39 Å². The van der Waals surface area contributed by atoms with Crippen molar-refractivity contribution in [3.63, 3.8) is 0 Å². The largest absolute Gasteiger partial charge is 0.347 e. The van der Waals surface area contributed by atoms with E-state index < -0.39 is 0 Å². The molecule has 2 fully saturated rings. The molecule has 2 N–H and O–H groups in total. The van der Waals surface area contributed by atoms with Crippen molar-refractivity contribution < 1.29 is 9.18 Å². The Labute approximate surface area is 132 Å². The number of fused-ring (bicyclic) bond motifs is 2. The van der Waals surface area contributed by atoms with E-state index in [0.717, 1.165) is 23.4 Å². The maximum Gasteiger partial charge on any atom is 0.261 e. The summed E-state index contributed by atoms with van der Waals surface area (Å²) in [6.45, 7) is 1.08. The fourth-order valence-electron chi connectivity index (χ4n) is 3.51. The molecule has 1 saturated carbocycles. The summed E-state index contributed by atoms with van der Waals surface area (Å²) < 4.78 is 13.3. The number of hydrogen-bond acceptors (Lipinski definition) is 3. The van der Waals surface area contributed by atoms with Gasteiger partial charge in [-0.05, 0) is 55.1 Å². The Balaban J connectivity index is 1.48. The predicted molar refractivity (Wildman–Crippen MR) is 85.5 cm³/mol. The second kappa shape index (κ2) is 5.48. The van der Waals surface area contributed by atoms with E-state index in [-0.39, 0.29) is 17.8 Å². The zero-order chi connectivity index (χ0) is 15.1. The molecule has 2 heterocycles. The molecule has 1 aliphatic carbocycles. The Morgan fingerprint density at radius 3 is 2.91 bits per heavy atom. The molecule has 3 unspecified atom stereocenters. The van der Waals surface area contributed by atoms with Gasteiger partial charge in [0, 0.05) is 17.0 Å². The van der Waals surface area contributed by atoms with Gasteiger partial charge in [0.15, 0.2) is 0 Å². The highest BCUT2D eigenvalue weighted by Gasteiger charge is 2.40. The minimum atomic E-state index is -0.259. The summed E-state index contributed by atoms with van der Waals surface area (Å²) in [5, 5.41) is 6.58. The number of carbonyl (C=O) groups excluding carboxylic acids is 1. The molecular formula is C17H17FN2OS. The number of carbonyl (C=O) groups is 1. The van der Waals surface area contributed by atoms with Gasteiger partial charge in [-0.2, -0.15) is 0 Å². The molecule has 0 spiro atoms. The van der Waals surface area contributed by atoms with Crippen molar-refractivity contribution in [1.82, 2.24) is 10.6 Å². The summed E-state index contributed by atoms with van der Waals surface area (Å²) in [5.74, 6) is 0.429. The molecule has 1 aliphatic heterocycles. The first-order chi connectivity index (χ1) is 10.7. The molecule has 2 aromatic rings. The van der Waals surface area contributed by atoms with Crippen LogP contribution in [0.4, 0.5) is 4.39 Å². The predicted octanol–water partition coefficient (Wildman–Crippen LogP) is 3.03. The number of benzene rings is 1. The van der Waals surface area contributed by atoms with Gasteiger partial charge in [0.25, 0.3) is 5.91 Å². The first-order valence-electron chi connectivity index (χ1n) is 7.59. The number of nitrogens with one attached hydrogen (secondary N) is 2. The lowest BCUT2D eigenvalue weighted by atomic mass is 10.1. The van der Waals surface area contributed by atoms with E-state index >= 15 is 0 Å². The fraction of sp³-hybridized carbons (Fsp3) is 0.353. The van der Waals surface area contributed by atoms with Gasteiger partial charge < -0.3 is 10.6 Å². The van der Waals surface area contributed by atoms with E-state index in [1.54, 1.807) is 6.07 Å². The van der Waals surface area contributed by atoms with E-state index in [4.69, 9.17) is 0 Å². The van der Waals surface area contributed by atoms with Crippen molar-refractivity contribution in [2.45, 2.75) is 24.9 Å².